The van der Waals surface area contributed by atoms with Gasteiger partial charge < -0.3 is 5.73 Å². The van der Waals surface area contributed by atoms with Gasteiger partial charge in [0.25, 0.3) is 0 Å². The molecule has 1 rings (SSSR count). The molecule has 0 radical (unpaired) electrons. The minimum Gasteiger partial charge on any atom is -0.374 e. The van der Waals surface area contributed by atoms with Crippen LogP contribution in [0.1, 0.15) is 11.4 Å². The van der Waals surface area contributed by atoms with Gasteiger partial charge in [-0.1, -0.05) is 0 Å². The van der Waals surface area contributed by atoms with Gasteiger partial charge in [-0.3, -0.25) is 0 Å². The Labute approximate surface area is 77.3 Å². The third-order valence-corrected chi connectivity index (χ3v) is 1.56. The van der Waals surface area contributed by atoms with Gasteiger partial charge in [0.1, 0.15) is 0 Å². The average molecular weight is 209 g/mol. The second-order valence-electron chi connectivity index (χ2n) is 2.42. The van der Waals surface area contributed by atoms with E-state index in [1.54, 1.807) is 0 Å². The summed E-state index contributed by atoms with van der Waals surface area (Å²) in [4.78, 5) is 0. The van der Waals surface area contributed by atoms with Crippen LogP contribution in [-0.2, 0) is 6.18 Å². The first-order chi connectivity index (χ1) is 5.82. The summed E-state index contributed by atoms with van der Waals surface area (Å²) in [6, 6.07) is 0.888. The fourth-order valence-electron chi connectivity index (χ4n) is 0.836. The van der Waals surface area contributed by atoms with Crippen LogP contribution < -0.4 is 5.73 Å². The molecular weight excluding hydrogens is 203 g/mol. The Hall–Kier alpha value is -1.11. The zero-order chi connectivity index (χ0) is 10.2. The number of hydrogen-bond donors (Lipinski definition) is 1. The van der Waals surface area contributed by atoms with E-state index in [1.807, 2.05) is 0 Å². The molecule has 7 heteroatoms. The fraction of sp³-hybridized carbons (Fsp3) is 0.333. The summed E-state index contributed by atoms with van der Waals surface area (Å²) in [7, 11) is 0. The van der Waals surface area contributed by atoms with E-state index in [9.17, 15) is 13.2 Å². The van der Waals surface area contributed by atoms with Crippen molar-refractivity contribution in [1.29, 1.82) is 0 Å². The Kier molecular flexibility index (Phi) is 2.29. The maximum absolute atomic E-state index is 12.1. The van der Waals surface area contributed by atoms with Gasteiger partial charge >= 0.3 is 6.18 Å². The summed E-state index contributed by atoms with van der Waals surface area (Å²) in [6.07, 6.45) is -4.46. The lowest BCUT2D eigenvalue weighted by atomic mass is 10.4. The number of nitrogens with two attached hydrogens (primary N) is 1. The highest BCUT2D eigenvalue weighted by molar-refractivity contribution is 7.80. The Bertz CT molecular complexity index is 341. The van der Waals surface area contributed by atoms with E-state index in [0.717, 1.165) is 10.7 Å². The summed E-state index contributed by atoms with van der Waals surface area (Å²) in [5, 5.41) is 3.01. The van der Waals surface area contributed by atoms with E-state index in [-0.39, 0.29) is 10.8 Å². The second-order valence-corrected chi connectivity index (χ2v) is 2.84. The molecule has 3 nitrogen and oxygen atoms in total. The van der Waals surface area contributed by atoms with Gasteiger partial charge in [-0.25, -0.2) is 4.68 Å². The molecule has 0 spiro atoms. The second kappa shape index (κ2) is 2.99. The number of nitrogens with zero attached hydrogens (tertiary/aromatic N) is 2. The lowest BCUT2D eigenvalue weighted by Gasteiger charge is -2.00. The van der Waals surface area contributed by atoms with E-state index in [1.165, 1.54) is 6.92 Å². The molecule has 0 amide bonds. The minimum absolute atomic E-state index is 0.201. The quantitative estimate of drug-likeness (QED) is 0.655. The molecule has 0 aliphatic carbocycles. The van der Waals surface area contributed by atoms with Crippen molar-refractivity contribution in [3.8, 4) is 0 Å². The van der Waals surface area contributed by atoms with Crippen LogP contribution in [0.15, 0.2) is 6.07 Å². The van der Waals surface area contributed by atoms with Crippen molar-refractivity contribution < 1.29 is 13.2 Å². The molecule has 0 aromatic carbocycles. The SMILES string of the molecule is Cc1cc(C(F)(F)F)nn1C(N)=S. The Balaban J connectivity index is 3.17. The third-order valence-electron chi connectivity index (χ3n) is 1.39. The summed E-state index contributed by atoms with van der Waals surface area (Å²) in [5.74, 6) is 0. The monoisotopic (exact) mass is 209 g/mol. The van der Waals surface area contributed by atoms with Gasteiger partial charge in [-0.05, 0) is 25.2 Å². The van der Waals surface area contributed by atoms with Crippen molar-refractivity contribution in [2.75, 3.05) is 0 Å². The largest absolute Gasteiger partial charge is 0.435 e. The first-order valence-electron chi connectivity index (χ1n) is 3.26. The molecule has 0 saturated heterocycles. The van der Waals surface area contributed by atoms with Gasteiger partial charge in [0, 0.05) is 5.69 Å². The standard InChI is InChI=1S/C6H6F3N3S/c1-3-2-4(6(7,8)9)11-12(3)5(10)13/h2H,1H3,(H2,10,13). The van der Waals surface area contributed by atoms with Crippen molar-refractivity contribution >= 4 is 17.3 Å². The highest BCUT2D eigenvalue weighted by Gasteiger charge is 2.34. The molecule has 2 N–H and O–H groups in total. The summed E-state index contributed by atoms with van der Waals surface area (Å²) in [5.41, 5.74) is 4.41. The van der Waals surface area contributed by atoms with Gasteiger partial charge in [-0.2, -0.15) is 18.3 Å². The highest BCUT2D eigenvalue weighted by Crippen LogP contribution is 2.28. The molecule has 13 heavy (non-hydrogen) atoms. The molecule has 0 unspecified atom stereocenters. The summed E-state index contributed by atoms with van der Waals surface area (Å²) >= 11 is 4.50. The molecule has 0 aliphatic rings. The minimum atomic E-state index is -4.46. The van der Waals surface area contributed by atoms with Crippen molar-refractivity contribution in [2.24, 2.45) is 5.73 Å². The van der Waals surface area contributed by atoms with Crippen LogP contribution in [-0.4, -0.2) is 14.9 Å². The van der Waals surface area contributed by atoms with Gasteiger partial charge in [0.2, 0.25) is 0 Å². The van der Waals surface area contributed by atoms with Crippen LogP contribution in [0.3, 0.4) is 0 Å². The molecule has 1 aromatic heterocycles. The van der Waals surface area contributed by atoms with Crippen molar-refractivity contribution in [1.82, 2.24) is 9.78 Å². The maximum Gasteiger partial charge on any atom is 0.435 e. The number of hydrogen-bond acceptors (Lipinski definition) is 2. The van der Waals surface area contributed by atoms with Crippen molar-refractivity contribution in [3.05, 3.63) is 17.5 Å². The molecule has 1 heterocycles. The summed E-state index contributed by atoms with van der Waals surface area (Å²) in [6.45, 7) is 1.45. The lowest BCUT2D eigenvalue weighted by molar-refractivity contribution is -0.141. The molecule has 0 bridgehead atoms. The predicted octanol–water partition coefficient (Wildman–Crippen LogP) is 1.30. The number of aromatic nitrogens is 2. The Morgan fingerprint density at radius 1 is 1.62 bits per heavy atom. The molecular formula is C6H6F3N3S. The molecule has 1 aromatic rings. The molecule has 0 atom stereocenters. The molecule has 0 fully saturated rings. The molecule has 0 aliphatic heterocycles. The predicted molar refractivity (Wildman–Crippen MR) is 44.1 cm³/mol. The first-order valence-corrected chi connectivity index (χ1v) is 3.67. The van der Waals surface area contributed by atoms with Crippen LogP contribution in [0.5, 0.6) is 0 Å². The third kappa shape index (κ3) is 1.97. The van der Waals surface area contributed by atoms with Crippen LogP contribution in [0.4, 0.5) is 13.2 Å². The lowest BCUT2D eigenvalue weighted by Crippen LogP contribution is -2.22. The average Bonchev–Trinajstić information content (AvgIpc) is 2.29. The number of rotatable bonds is 0. The number of alkyl halides is 3. The van der Waals surface area contributed by atoms with Gasteiger partial charge in [-0.15, -0.1) is 0 Å². The van der Waals surface area contributed by atoms with Crippen molar-refractivity contribution in [2.45, 2.75) is 13.1 Å². The Morgan fingerprint density at radius 3 is 2.38 bits per heavy atom. The molecule has 72 valence electrons. The fourth-order valence-corrected chi connectivity index (χ4v) is 1.02. The topological polar surface area (TPSA) is 43.8 Å². The van der Waals surface area contributed by atoms with Crippen molar-refractivity contribution in [3.63, 3.8) is 0 Å². The van der Waals surface area contributed by atoms with E-state index in [4.69, 9.17) is 5.73 Å². The van der Waals surface area contributed by atoms with E-state index in [0.29, 0.717) is 0 Å². The van der Waals surface area contributed by atoms with E-state index < -0.39 is 11.9 Å². The number of halogens is 3. The zero-order valence-corrected chi connectivity index (χ0v) is 7.41. The number of aryl methyl sites for hydroxylation is 1. The van der Waals surface area contributed by atoms with Crippen LogP contribution in [0, 0.1) is 6.92 Å². The van der Waals surface area contributed by atoms with Gasteiger partial charge in [0.05, 0.1) is 0 Å². The van der Waals surface area contributed by atoms with E-state index >= 15 is 0 Å². The van der Waals surface area contributed by atoms with Crippen LogP contribution in [0.2, 0.25) is 0 Å². The highest BCUT2D eigenvalue weighted by atomic mass is 32.1. The smallest absolute Gasteiger partial charge is 0.374 e. The maximum atomic E-state index is 12.1. The van der Waals surface area contributed by atoms with Crippen LogP contribution in [0.25, 0.3) is 0 Å². The Morgan fingerprint density at radius 2 is 2.15 bits per heavy atom. The first kappa shape index (κ1) is 9.97. The van der Waals surface area contributed by atoms with Gasteiger partial charge in [0.15, 0.2) is 10.8 Å². The zero-order valence-electron chi connectivity index (χ0n) is 6.59. The normalized spacial score (nSPS) is 11.7. The van der Waals surface area contributed by atoms with E-state index in [2.05, 4.69) is 17.3 Å². The summed E-state index contributed by atoms with van der Waals surface area (Å²) < 4.78 is 37.1. The molecule has 0 saturated carbocycles. The van der Waals surface area contributed by atoms with Crippen LogP contribution >= 0.6 is 12.2 Å². The number of thiocarbonyl (C=S) groups is 1.